The molecule has 3 rings (SSSR count). The number of carbonyl (C=O) groups is 1. The number of fused-ring (bicyclic) bond motifs is 1. The Morgan fingerprint density at radius 1 is 1.29 bits per heavy atom. The lowest BCUT2D eigenvalue weighted by atomic mass is 10.0. The summed E-state index contributed by atoms with van der Waals surface area (Å²) in [6, 6.07) is 10.8. The minimum absolute atomic E-state index is 0.129. The maximum atomic E-state index is 13.8. The van der Waals surface area contributed by atoms with Crippen molar-refractivity contribution < 1.29 is 13.9 Å². The predicted octanol–water partition coefficient (Wildman–Crippen LogP) is 3.96. The normalized spacial score (nSPS) is 14.3. The highest BCUT2D eigenvalue weighted by molar-refractivity contribution is 5.92. The van der Waals surface area contributed by atoms with E-state index in [-0.39, 0.29) is 17.8 Å². The lowest BCUT2D eigenvalue weighted by Gasteiger charge is -2.14. The Bertz CT molecular complexity index is 798. The van der Waals surface area contributed by atoms with E-state index in [0.29, 0.717) is 12.2 Å². The molecule has 1 amide bonds. The average molecular weight is 325 g/mol. The van der Waals surface area contributed by atoms with Crippen LogP contribution in [0.1, 0.15) is 35.2 Å². The molecule has 0 saturated heterocycles. The molecule has 0 spiro atoms. The fourth-order valence-corrected chi connectivity index (χ4v) is 2.75. The van der Waals surface area contributed by atoms with Gasteiger partial charge in [-0.1, -0.05) is 18.2 Å². The molecule has 0 aliphatic carbocycles. The predicted molar refractivity (Wildman–Crippen MR) is 92.4 cm³/mol. The van der Waals surface area contributed by atoms with Crippen molar-refractivity contribution in [2.75, 3.05) is 6.61 Å². The molecule has 24 heavy (non-hydrogen) atoms. The van der Waals surface area contributed by atoms with Crippen LogP contribution in [0.15, 0.2) is 42.5 Å². The second-order valence-corrected chi connectivity index (χ2v) is 6.05. The van der Waals surface area contributed by atoms with Crippen LogP contribution in [0.25, 0.3) is 6.08 Å². The number of hydrogen-bond donors (Lipinski definition) is 1. The minimum atomic E-state index is -0.328. The Morgan fingerprint density at radius 2 is 2.12 bits per heavy atom. The maximum absolute atomic E-state index is 13.8. The molecular formula is C20H20FNO2. The molecule has 0 bridgehead atoms. The number of carbonyl (C=O) groups excluding carboxylic acids is 1. The summed E-state index contributed by atoms with van der Waals surface area (Å²) in [5, 5.41) is 2.90. The Labute approximate surface area is 141 Å². The van der Waals surface area contributed by atoms with Crippen molar-refractivity contribution in [1.29, 1.82) is 0 Å². The molecule has 4 heteroatoms. The van der Waals surface area contributed by atoms with Crippen LogP contribution in [-0.2, 0) is 11.2 Å². The number of hydrogen-bond acceptors (Lipinski definition) is 2. The fraction of sp³-hybridized carbons (Fsp3) is 0.250. The zero-order chi connectivity index (χ0) is 17.1. The molecule has 0 radical (unpaired) electrons. The van der Waals surface area contributed by atoms with Crippen LogP contribution >= 0.6 is 0 Å². The van der Waals surface area contributed by atoms with E-state index in [1.807, 2.05) is 32.0 Å². The van der Waals surface area contributed by atoms with Gasteiger partial charge in [0.25, 0.3) is 0 Å². The van der Waals surface area contributed by atoms with Gasteiger partial charge in [-0.3, -0.25) is 4.79 Å². The monoisotopic (exact) mass is 325 g/mol. The van der Waals surface area contributed by atoms with Crippen molar-refractivity contribution in [2.45, 2.75) is 26.3 Å². The SMILES string of the molecule is Cc1ccc(/C=C/C(=O)NC(C)c2ccc3c(c2)CCO3)c(F)c1. The number of nitrogens with one attached hydrogen (secondary N) is 1. The van der Waals surface area contributed by atoms with Gasteiger partial charge in [0, 0.05) is 18.1 Å². The molecule has 2 aromatic carbocycles. The summed E-state index contributed by atoms with van der Waals surface area (Å²) in [6.07, 6.45) is 3.75. The third-order valence-corrected chi connectivity index (χ3v) is 4.14. The molecule has 1 N–H and O–H groups in total. The lowest BCUT2D eigenvalue weighted by molar-refractivity contribution is -0.117. The molecule has 0 aromatic heterocycles. The molecule has 3 nitrogen and oxygen atoms in total. The molecular weight excluding hydrogens is 305 g/mol. The second kappa shape index (κ2) is 6.87. The van der Waals surface area contributed by atoms with Crippen LogP contribution in [0, 0.1) is 12.7 Å². The van der Waals surface area contributed by atoms with E-state index in [1.54, 1.807) is 6.07 Å². The van der Waals surface area contributed by atoms with Crippen molar-refractivity contribution in [1.82, 2.24) is 5.32 Å². The fourth-order valence-electron chi connectivity index (χ4n) is 2.75. The van der Waals surface area contributed by atoms with Crippen LogP contribution in [0.2, 0.25) is 0 Å². The smallest absolute Gasteiger partial charge is 0.244 e. The standard InChI is InChI=1S/C20H20FNO2/c1-13-3-4-15(18(21)11-13)6-8-20(23)22-14(2)16-5-7-19-17(12-16)9-10-24-19/h3-8,11-12,14H,9-10H2,1-2H3,(H,22,23)/b8-6+. The van der Waals surface area contributed by atoms with Crippen LogP contribution in [0.5, 0.6) is 5.75 Å². The van der Waals surface area contributed by atoms with E-state index < -0.39 is 0 Å². The van der Waals surface area contributed by atoms with Gasteiger partial charge >= 0.3 is 0 Å². The highest BCUT2D eigenvalue weighted by Gasteiger charge is 2.15. The zero-order valence-corrected chi connectivity index (χ0v) is 13.8. The summed E-state index contributed by atoms with van der Waals surface area (Å²) in [5.41, 5.74) is 3.45. The molecule has 1 atom stereocenters. The van der Waals surface area contributed by atoms with Crippen molar-refractivity contribution >= 4 is 12.0 Å². The van der Waals surface area contributed by atoms with Gasteiger partial charge in [-0.15, -0.1) is 0 Å². The van der Waals surface area contributed by atoms with Crippen LogP contribution < -0.4 is 10.1 Å². The first kappa shape index (κ1) is 16.2. The van der Waals surface area contributed by atoms with Gasteiger partial charge in [-0.2, -0.15) is 0 Å². The summed E-state index contributed by atoms with van der Waals surface area (Å²) in [4.78, 5) is 12.1. The quantitative estimate of drug-likeness (QED) is 0.864. The molecule has 1 heterocycles. The van der Waals surface area contributed by atoms with Gasteiger partial charge in [0.2, 0.25) is 5.91 Å². The Kier molecular flexibility index (Phi) is 4.65. The first-order valence-corrected chi connectivity index (χ1v) is 8.03. The summed E-state index contributed by atoms with van der Waals surface area (Å²) in [7, 11) is 0. The lowest BCUT2D eigenvalue weighted by Crippen LogP contribution is -2.24. The third-order valence-electron chi connectivity index (χ3n) is 4.14. The van der Waals surface area contributed by atoms with Crippen molar-refractivity contribution in [2.24, 2.45) is 0 Å². The van der Waals surface area contributed by atoms with Crippen LogP contribution in [-0.4, -0.2) is 12.5 Å². The number of ether oxygens (including phenoxy) is 1. The number of benzene rings is 2. The van der Waals surface area contributed by atoms with Crippen LogP contribution in [0.3, 0.4) is 0 Å². The van der Waals surface area contributed by atoms with Gasteiger partial charge in [0.05, 0.1) is 12.6 Å². The highest BCUT2D eigenvalue weighted by Crippen LogP contribution is 2.28. The zero-order valence-electron chi connectivity index (χ0n) is 13.8. The van der Waals surface area contributed by atoms with Crippen molar-refractivity contribution in [3.05, 3.63) is 70.5 Å². The molecule has 1 aliphatic rings. The molecule has 1 unspecified atom stereocenters. The van der Waals surface area contributed by atoms with E-state index >= 15 is 0 Å². The number of aryl methyl sites for hydroxylation is 1. The highest BCUT2D eigenvalue weighted by atomic mass is 19.1. The first-order chi connectivity index (χ1) is 11.5. The summed E-state index contributed by atoms with van der Waals surface area (Å²) >= 11 is 0. The van der Waals surface area contributed by atoms with E-state index in [4.69, 9.17) is 4.74 Å². The number of rotatable bonds is 4. The van der Waals surface area contributed by atoms with Gasteiger partial charge in [0.1, 0.15) is 11.6 Å². The summed E-state index contributed by atoms with van der Waals surface area (Å²) in [6.45, 7) is 4.47. The van der Waals surface area contributed by atoms with Gasteiger partial charge in [-0.25, -0.2) is 4.39 Å². The minimum Gasteiger partial charge on any atom is -0.493 e. The van der Waals surface area contributed by atoms with Crippen molar-refractivity contribution in [3.63, 3.8) is 0 Å². The average Bonchev–Trinajstić information content (AvgIpc) is 3.01. The molecule has 0 fully saturated rings. The van der Waals surface area contributed by atoms with Crippen molar-refractivity contribution in [3.8, 4) is 5.75 Å². The van der Waals surface area contributed by atoms with Gasteiger partial charge in [0.15, 0.2) is 0 Å². The Hall–Kier alpha value is -2.62. The first-order valence-electron chi connectivity index (χ1n) is 8.03. The maximum Gasteiger partial charge on any atom is 0.244 e. The second-order valence-electron chi connectivity index (χ2n) is 6.05. The van der Waals surface area contributed by atoms with E-state index in [9.17, 15) is 9.18 Å². The summed E-state index contributed by atoms with van der Waals surface area (Å²) in [5.74, 6) is 0.344. The number of amides is 1. The molecule has 1 aliphatic heterocycles. The topological polar surface area (TPSA) is 38.3 Å². The van der Waals surface area contributed by atoms with E-state index in [2.05, 4.69) is 11.4 Å². The largest absolute Gasteiger partial charge is 0.493 e. The Morgan fingerprint density at radius 3 is 2.92 bits per heavy atom. The van der Waals surface area contributed by atoms with Crippen LogP contribution in [0.4, 0.5) is 4.39 Å². The molecule has 2 aromatic rings. The molecule has 0 saturated carbocycles. The molecule has 124 valence electrons. The van der Waals surface area contributed by atoms with E-state index in [0.717, 1.165) is 23.3 Å². The Balaban J connectivity index is 1.64. The van der Waals surface area contributed by atoms with Gasteiger partial charge < -0.3 is 10.1 Å². The summed E-state index contributed by atoms with van der Waals surface area (Å²) < 4.78 is 19.2. The third kappa shape index (κ3) is 3.65. The number of halogens is 1. The van der Waals surface area contributed by atoms with E-state index in [1.165, 1.54) is 23.8 Å². The van der Waals surface area contributed by atoms with Gasteiger partial charge in [-0.05, 0) is 54.8 Å².